The molecule has 0 aliphatic carbocycles. The molecule has 0 atom stereocenters. The Labute approximate surface area is 168 Å². The molecule has 0 spiro atoms. The molecule has 0 N–H and O–H groups in total. The van der Waals surface area contributed by atoms with Crippen LogP contribution in [0.1, 0.15) is 34.7 Å². The van der Waals surface area contributed by atoms with Crippen molar-refractivity contribution < 1.29 is 44.4 Å². The first-order valence-corrected chi connectivity index (χ1v) is 8.29. The third kappa shape index (κ3) is 6.04. The zero-order valence-corrected chi connectivity index (χ0v) is 15.6. The lowest BCUT2D eigenvalue weighted by molar-refractivity contribution is -0.143. The fourth-order valence-corrected chi connectivity index (χ4v) is 2.59. The van der Waals surface area contributed by atoms with Gasteiger partial charge >= 0.3 is 18.5 Å². The number of rotatable bonds is 4. The molecule has 0 saturated heterocycles. The van der Waals surface area contributed by atoms with Crippen molar-refractivity contribution in [3.05, 3.63) is 69.2 Å². The summed E-state index contributed by atoms with van der Waals surface area (Å²) in [4.78, 5) is 4.72. The van der Waals surface area contributed by atoms with E-state index >= 15 is 0 Å². The van der Waals surface area contributed by atoms with Crippen LogP contribution >= 0.6 is 11.6 Å². The second-order valence-corrected chi connectivity index (χ2v) is 6.49. The Kier molecular flexibility index (Phi) is 6.65. The maximum Gasteiger partial charge on any atom is 0.417 e. The molecule has 0 saturated carbocycles. The Morgan fingerprint density at radius 3 is 1.83 bits per heavy atom. The summed E-state index contributed by atoms with van der Waals surface area (Å²) in [7, 11) is 0. The molecule has 0 aromatic heterocycles. The van der Waals surface area contributed by atoms with Gasteiger partial charge in [-0.05, 0) is 48.9 Å². The molecular formula is C18H11ClF9NO. The largest absolute Gasteiger partial charge is 0.417 e. The Morgan fingerprint density at radius 2 is 1.37 bits per heavy atom. The Hall–Kier alpha value is -2.43. The molecule has 0 fully saturated rings. The van der Waals surface area contributed by atoms with Crippen LogP contribution in [0.2, 0.25) is 5.02 Å². The van der Waals surface area contributed by atoms with E-state index in [1.54, 1.807) is 0 Å². The molecule has 0 heterocycles. The van der Waals surface area contributed by atoms with Crippen molar-refractivity contribution in [3.8, 4) is 0 Å². The van der Waals surface area contributed by atoms with Crippen molar-refractivity contribution in [2.45, 2.75) is 32.1 Å². The highest BCUT2D eigenvalue weighted by Crippen LogP contribution is 2.37. The summed E-state index contributed by atoms with van der Waals surface area (Å²) < 4.78 is 116. The number of halogens is 10. The van der Waals surface area contributed by atoms with Crippen LogP contribution in [0, 0.1) is 0 Å². The number of oxime groups is 1. The maximum atomic E-state index is 13.1. The summed E-state index contributed by atoms with van der Waals surface area (Å²) in [5.41, 5.74) is -5.48. The van der Waals surface area contributed by atoms with Gasteiger partial charge in [-0.2, -0.15) is 39.5 Å². The zero-order valence-electron chi connectivity index (χ0n) is 14.8. The Morgan fingerprint density at radius 1 is 0.833 bits per heavy atom. The number of alkyl halides is 9. The van der Waals surface area contributed by atoms with Crippen LogP contribution in [0.4, 0.5) is 39.5 Å². The predicted molar refractivity (Wildman–Crippen MR) is 89.9 cm³/mol. The van der Waals surface area contributed by atoms with Crippen molar-refractivity contribution in [3.63, 3.8) is 0 Å². The van der Waals surface area contributed by atoms with Gasteiger partial charge in [0.25, 0.3) is 0 Å². The molecule has 0 unspecified atom stereocenters. The first-order valence-electron chi connectivity index (χ1n) is 7.91. The summed E-state index contributed by atoms with van der Waals surface area (Å²) in [6.07, 6.45) is -14.8. The minimum absolute atomic E-state index is 0.0414. The van der Waals surface area contributed by atoms with E-state index in [0.29, 0.717) is 18.2 Å². The number of nitrogens with zero attached hydrogens (tertiary/aromatic N) is 1. The van der Waals surface area contributed by atoms with Crippen LogP contribution in [-0.2, 0) is 30.0 Å². The molecule has 0 aliphatic heterocycles. The number of hydrogen-bond donors (Lipinski definition) is 0. The third-order valence-electron chi connectivity index (χ3n) is 3.76. The molecule has 2 rings (SSSR count). The average molecular weight is 464 g/mol. The van der Waals surface area contributed by atoms with Gasteiger partial charge < -0.3 is 4.84 Å². The lowest BCUT2D eigenvalue weighted by atomic mass is 10.0. The summed E-state index contributed by atoms with van der Waals surface area (Å²) >= 11 is 5.68. The van der Waals surface area contributed by atoms with Crippen LogP contribution in [-0.4, -0.2) is 5.71 Å². The highest BCUT2D eigenvalue weighted by Gasteiger charge is 2.37. The lowest BCUT2D eigenvalue weighted by Gasteiger charge is -2.14. The van der Waals surface area contributed by atoms with E-state index in [4.69, 9.17) is 16.4 Å². The van der Waals surface area contributed by atoms with E-state index in [1.807, 2.05) is 0 Å². The highest BCUT2D eigenvalue weighted by molar-refractivity contribution is 6.31. The molecule has 0 aliphatic rings. The molecule has 2 aromatic carbocycles. The van der Waals surface area contributed by atoms with E-state index in [0.717, 1.165) is 19.1 Å². The fraction of sp³-hybridized carbons (Fsp3) is 0.278. The second kappa shape index (κ2) is 8.37. The standard InChI is InChI=1S/C18H11ClF9NO/c1-9(14-7-13(19)2-3-15(14)18(26,27)28)29-30-8-10-4-11(16(20,21)22)6-12(5-10)17(23,24)25/h2-7H,8H2,1H3. The molecule has 2 nitrogen and oxygen atoms in total. The molecule has 12 heteroatoms. The molecular weight excluding hydrogens is 453 g/mol. The van der Waals surface area contributed by atoms with Crippen LogP contribution in [0.15, 0.2) is 41.6 Å². The minimum atomic E-state index is -5.04. The van der Waals surface area contributed by atoms with Gasteiger partial charge in [-0.3, -0.25) is 0 Å². The third-order valence-corrected chi connectivity index (χ3v) is 3.99. The summed E-state index contributed by atoms with van der Waals surface area (Å²) in [5, 5.41) is 3.34. The molecule has 0 amide bonds. The molecule has 164 valence electrons. The van der Waals surface area contributed by atoms with Crippen molar-refractivity contribution >= 4 is 17.3 Å². The van der Waals surface area contributed by atoms with Crippen LogP contribution in [0.3, 0.4) is 0 Å². The van der Waals surface area contributed by atoms with E-state index < -0.39 is 53.0 Å². The monoisotopic (exact) mass is 463 g/mol. The topological polar surface area (TPSA) is 21.6 Å². The molecule has 30 heavy (non-hydrogen) atoms. The Bertz CT molecular complexity index is 914. The van der Waals surface area contributed by atoms with Crippen LogP contribution < -0.4 is 0 Å². The fourth-order valence-electron chi connectivity index (χ4n) is 2.42. The maximum absolute atomic E-state index is 13.1. The van der Waals surface area contributed by atoms with Gasteiger partial charge in [-0.1, -0.05) is 16.8 Å². The first-order chi connectivity index (χ1) is 13.6. The van der Waals surface area contributed by atoms with Crippen molar-refractivity contribution in [1.82, 2.24) is 0 Å². The first kappa shape index (κ1) is 23.8. The van der Waals surface area contributed by atoms with E-state index in [1.165, 1.54) is 0 Å². The van der Waals surface area contributed by atoms with Gasteiger partial charge in [0, 0.05) is 10.6 Å². The normalized spacial score (nSPS) is 13.5. The Balaban J connectivity index is 2.32. The highest BCUT2D eigenvalue weighted by atomic mass is 35.5. The smallest absolute Gasteiger partial charge is 0.391 e. The quantitative estimate of drug-likeness (QED) is 0.264. The molecule has 2 aromatic rings. The van der Waals surface area contributed by atoms with E-state index in [-0.39, 0.29) is 16.8 Å². The number of benzene rings is 2. The van der Waals surface area contributed by atoms with Gasteiger partial charge in [0.2, 0.25) is 0 Å². The van der Waals surface area contributed by atoms with Crippen LogP contribution in [0.5, 0.6) is 0 Å². The SMILES string of the molecule is CC(=NOCc1cc(C(F)(F)F)cc(C(F)(F)F)c1)c1cc(Cl)ccc1C(F)(F)F. The van der Waals surface area contributed by atoms with Gasteiger partial charge in [0.1, 0.15) is 6.61 Å². The summed E-state index contributed by atoms with van der Waals surface area (Å²) in [5.74, 6) is 0. The summed E-state index contributed by atoms with van der Waals surface area (Å²) in [6, 6.07) is 3.47. The van der Waals surface area contributed by atoms with Crippen molar-refractivity contribution in [2.24, 2.45) is 5.16 Å². The van der Waals surface area contributed by atoms with Crippen molar-refractivity contribution in [1.29, 1.82) is 0 Å². The van der Waals surface area contributed by atoms with Gasteiger partial charge in [-0.15, -0.1) is 0 Å². The van der Waals surface area contributed by atoms with Crippen molar-refractivity contribution in [2.75, 3.05) is 0 Å². The van der Waals surface area contributed by atoms with Gasteiger partial charge in [-0.25, -0.2) is 0 Å². The van der Waals surface area contributed by atoms with E-state index in [9.17, 15) is 39.5 Å². The lowest BCUT2D eigenvalue weighted by Crippen LogP contribution is -2.13. The van der Waals surface area contributed by atoms with Crippen LogP contribution in [0.25, 0.3) is 0 Å². The van der Waals surface area contributed by atoms with E-state index in [2.05, 4.69) is 5.16 Å². The zero-order chi connectivity index (χ0) is 22.9. The predicted octanol–water partition coefficient (Wildman–Crippen LogP) is 7.34. The molecule has 0 bridgehead atoms. The van der Waals surface area contributed by atoms with Gasteiger partial charge in [0.05, 0.1) is 22.4 Å². The number of hydrogen-bond acceptors (Lipinski definition) is 2. The molecule has 0 radical (unpaired) electrons. The van der Waals surface area contributed by atoms with Gasteiger partial charge in [0.15, 0.2) is 0 Å². The minimum Gasteiger partial charge on any atom is -0.391 e. The second-order valence-electron chi connectivity index (χ2n) is 6.05. The summed E-state index contributed by atoms with van der Waals surface area (Å²) in [6.45, 7) is 0.278. The average Bonchev–Trinajstić information content (AvgIpc) is 2.58.